The molecule has 0 spiro atoms. The van der Waals surface area contributed by atoms with Crippen molar-refractivity contribution in [2.45, 2.75) is 70.8 Å². The average Bonchev–Trinajstić information content (AvgIpc) is 2.65. The molecule has 4 nitrogen and oxygen atoms in total. The van der Waals surface area contributed by atoms with E-state index in [0.717, 1.165) is 12.2 Å². The van der Waals surface area contributed by atoms with E-state index in [-0.39, 0.29) is 6.04 Å². The van der Waals surface area contributed by atoms with Crippen LogP contribution in [0.2, 0.25) is 0 Å². The van der Waals surface area contributed by atoms with Gasteiger partial charge in [-0.15, -0.1) is 0 Å². The molecule has 0 radical (unpaired) electrons. The van der Waals surface area contributed by atoms with Crippen molar-refractivity contribution >= 4 is 0 Å². The first-order chi connectivity index (χ1) is 8.66. The summed E-state index contributed by atoms with van der Waals surface area (Å²) < 4.78 is 5.34. The molecule has 4 heteroatoms. The van der Waals surface area contributed by atoms with Crippen molar-refractivity contribution in [3.05, 3.63) is 11.7 Å². The Kier molecular flexibility index (Phi) is 4.75. The van der Waals surface area contributed by atoms with Crippen molar-refractivity contribution in [3.8, 4) is 0 Å². The Hall–Kier alpha value is -0.900. The van der Waals surface area contributed by atoms with Crippen LogP contribution in [0.3, 0.4) is 0 Å². The van der Waals surface area contributed by atoms with Crippen molar-refractivity contribution in [2.24, 2.45) is 11.7 Å². The molecule has 102 valence electrons. The lowest BCUT2D eigenvalue weighted by Gasteiger charge is -2.09. The molecule has 1 aromatic heterocycles. The highest BCUT2D eigenvalue weighted by molar-refractivity contribution is 4.98. The van der Waals surface area contributed by atoms with Crippen LogP contribution in [0.15, 0.2) is 4.52 Å². The Bertz CT molecular complexity index is 354. The van der Waals surface area contributed by atoms with Gasteiger partial charge in [-0.1, -0.05) is 44.7 Å². The van der Waals surface area contributed by atoms with Gasteiger partial charge in [0.2, 0.25) is 5.89 Å². The lowest BCUT2D eigenvalue weighted by atomic mass is 10.00. The van der Waals surface area contributed by atoms with Crippen LogP contribution in [0.25, 0.3) is 0 Å². The van der Waals surface area contributed by atoms with E-state index in [0.29, 0.717) is 17.7 Å². The molecule has 0 amide bonds. The Morgan fingerprint density at radius 1 is 1.22 bits per heavy atom. The second-order valence-corrected chi connectivity index (χ2v) is 5.92. The maximum atomic E-state index is 6.07. The summed E-state index contributed by atoms with van der Waals surface area (Å²) in [5, 5.41) is 4.14. The predicted molar refractivity (Wildman–Crippen MR) is 71.1 cm³/mol. The molecule has 0 saturated heterocycles. The summed E-state index contributed by atoms with van der Waals surface area (Å²) in [6.07, 6.45) is 8.53. The van der Waals surface area contributed by atoms with E-state index in [2.05, 4.69) is 24.0 Å². The number of aromatic nitrogens is 2. The number of nitrogens with zero attached hydrogens (tertiary/aromatic N) is 2. The van der Waals surface area contributed by atoms with Crippen LogP contribution in [-0.4, -0.2) is 10.1 Å². The summed E-state index contributed by atoms with van der Waals surface area (Å²) in [6, 6.07) is -0.114. The number of rotatable bonds is 4. The second kappa shape index (κ2) is 6.32. The molecule has 1 aliphatic rings. The number of nitrogens with two attached hydrogens (primary N) is 1. The average molecular weight is 251 g/mol. The van der Waals surface area contributed by atoms with Crippen molar-refractivity contribution in [1.29, 1.82) is 0 Å². The zero-order chi connectivity index (χ0) is 13.0. The molecule has 0 aliphatic heterocycles. The van der Waals surface area contributed by atoms with Gasteiger partial charge in [0.1, 0.15) is 0 Å². The highest BCUT2D eigenvalue weighted by Crippen LogP contribution is 2.30. The molecule has 1 heterocycles. The quantitative estimate of drug-likeness (QED) is 0.831. The fraction of sp³-hybridized carbons (Fsp3) is 0.857. The lowest BCUT2D eigenvalue weighted by Crippen LogP contribution is -2.13. The standard InChI is InChI=1S/C14H25N3O/c1-10(2)9-12(15)14-16-13(17-18-14)11-7-5-3-4-6-8-11/h10-12H,3-9,15H2,1-2H3/t12-/m0/s1. The van der Waals surface area contributed by atoms with Crippen LogP contribution in [0.4, 0.5) is 0 Å². The maximum absolute atomic E-state index is 6.07. The van der Waals surface area contributed by atoms with E-state index in [1.807, 2.05) is 0 Å². The Balaban J connectivity index is 2.00. The van der Waals surface area contributed by atoms with Gasteiger partial charge < -0.3 is 10.3 Å². The van der Waals surface area contributed by atoms with Crippen LogP contribution in [0.1, 0.15) is 82.5 Å². The third-order valence-electron chi connectivity index (χ3n) is 3.72. The minimum Gasteiger partial charge on any atom is -0.338 e. The Morgan fingerprint density at radius 2 is 1.89 bits per heavy atom. The second-order valence-electron chi connectivity index (χ2n) is 5.92. The van der Waals surface area contributed by atoms with E-state index in [1.54, 1.807) is 0 Å². The number of hydrogen-bond acceptors (Lipinski definition) is 4. The highest BCUT2D eigenvalue weighted by atomic mass is 16.5. The molecule has 1 aliphatic carbocycles. The molecule has 2 rings (SSSR count). The Labute approximate surface area is 109 Å². The van der Waals surface area contributed by atoms with Crippen LogP contribution in [0, 0.1) is 5.92 Å². The molecule has 1 saturated carbocycles. The van der Waals surface area contributed by atoms with E-state index in [1.165, 1.54) is 38.5 Å². The van der Waals surface area contributed by atoms with Gasteiger partial charge in [-0.3, -0.25) is 0 Å². The van der Waals surface area contributed by atoms with Crippen LogP contribution < -0.4 is 5.73 Å². The fourth-order valence-electron chi connectivity index (χ4n) is 2.71. The summed E-state index contributed by atoms with van der Waals surface area (Å²) >= 11 is 0. The van der Waals surface area contributed by atoms with Gasteiger partial charge in [-0.25, -0.2) is 0 Å². The van der Waals surface area contributed by atoms with Gasteiger partial charge in [0.25, 0.3) is 0 Å². The van der Waals surface area contributed by atoms with E-state index in [9.17, 15) is 0 Å². The summed E-state index contributed by atoms with van der Waals surface area (Å²) in [6.45, 7) is 4.31. The SMILES string of the molecule is CC(C)C[C@H](N)c1nc(C2CCCCCC2)no1. The molecule has 1 atom stereocenters. The maximum Gasteiger partial charge on any atom is 0.243 e. The predicted octanol–water partition coefficient (Wildman–Crippen LogP) is 3.55. The summed E-state index contributed by atoms with van der Waals surface area (Å²) in [5.74, 6) is 2.53. The van der Waals surface area contributed by atoms with Gasteiger partial charge >= 0.3 is 0 Å². The van der Waals surface area contributed by atoms with Crippen LogP contribution in [-0.2, 0) is 0 Å². The summed E-state index contributed by atoms with van der Waals surface area (Å²) in [5.41, 5.74) is 6.07. The van der Waals surface area contributed by atoms with Gasteiger partial charge in [0, 0.05) is 5.92 Å². The minimum absolute atomic E-state index is 0.114. The first-order valence-electron chi connectivity index (χ1n) is 7.26. The van der Waals surface area contributed by atoms with Gasteiger partial charge in [-0.05, 0) is 25.2 Å². The molecule has 0 unspecified atom stereocenters. The first kappa shape index (κ1) is 13.5. The molecule has 18 heavy (non-hydrogen) atoms. The minimum atomic E-state index is -0.114. The molecular formula is C14H25N3O. The van der Waals surface area contributed by atoms with E-state index >= 15 is 0 Å². The molecule has 1 fully saturated rings. The largest absolute Gasteiger partial charge is 0.338 e. The van der Waals surface area contributed by atoms with Crippen molar-refractivity contribution in [1.82, 2.24) is 10.1 Å². The molecular weight excluding hydrogens is 226 g/mol. The van der Waals surface area contributed by atoms with Crippen molar-refractivity contribution < 1.29 is 4.52 Å². The summed E-state index contributed by atoms with van der Waals surface area (Å²) in [7, 11) is 0. The van der Waals surface area contributed by atoms with Crippen LogP contribution >= 0.6 is 0 Å². The normalized spacial score (nSPS) is 20.0. The number of hydrogen-bond donors (Lipinski definition) is 1. The van der Waals surface area contributed by atoms with Crippen molar-refractivity contribution in [2.75, 3.05) is 0 Å². The molecule has 0 bridgehead atoms. The van der Waals surface area contributed by atoms with E-state index < -0.39 is 0 Å². The van der Waals surface area contributed by atoms with E-state index in [4.69, 9.17) is 10.3 Å². The molecule has 1 aromatic rings. The molecule has 0 aromatic carbocycles. The van der Waals surface area contributed by atoms with Gasteiger partial charge in [-0.2, -0.15) is 4.98 Å². The monoisotopic (exact) mass is 251 g/mol. The topological polar surface area (TPSA) is 64.9 Å². The van der Waals surface area contributed by atoms with Gasteiger partial charge in [0.05, 0.1) is 6.04 Å². The smallest absolute Gasteiger partial charge is 0.243 e. The fourth-order valence-corrected chi connectivity index (χ4v) is 2.71. The zero-order valence-electron chi connectivity index (χ0n) is 11.6. The molecule has 2 N–H and O–H groups in total. The highest BCUT2D eigenvalue weighted by Gasteiger charge is 2.22. The van der Waals surface area contributed by atoms with Crippen molar-refractivity contribution in [3.63, 3.8) is 0 Å². The first-order valence-corrected chi connectivity index (χ1v) is 7.26. The Morgan fingerprint density at radius 3 is 2.50 bits per heavy atom. The van der Waals surface area contributed by atoms with Crippen LogP contribution in [0.5, 0.6) is 0 Å². The van der Waals surface area contributed by atoms with Gasteiger partial charge in [0.15, 0.2) is 5.82 Å². The summed E-state index contributed by atoms with van der Waals surface area (Å²) in [4.78, 5) is 4.53. The third kappa shape index (κ3) is 3.55. The third-order valence-corrected chi connectivity index (χ3v) is 3.72. The lowest BCUT2D eigenvalue weighted by molar-refractivity contribution is 0.329. The zero-order valence-corrected chi connectivity index (χ0v) is 11.6.